The number of nitrogens with two attached hydrogens (primary N) is 1. The first-order chi connectivity index (χ1) is 12.1. The fourth-order valence-corrected chi connectivity index (χ4v) is 3.36. The summed E-state index contributed by atoms with van der Waals surface area (Å²) in [4.78, 5) is 0. The van der Waals surface area contributed by atoms with Crippen molar-refractivity contribution < 1.29 is 15.2 Å². The van der Waals surface area contributed by atoms with E-state index < -0.39 is 0 Å². The van der Waals surface area contributed by atoms with E-state index in [0.29, 0.717) is 5.75 Å². The predicted molar refractivity (Wildman–Crippen MR) is 101 cm³/mol. The Morgan fingerprint density at radius 2 is 1.96 bits per heavy atom. The lowest BCUT2D eigenvalue weighted by Crippen LogP contribution is -2.94. The molecule has 0 saturated carbocycles. The maximum absolute atomic E-state index is 10.5. The Morgan fingerprint density at radius 3 is 2.64 bits per heavy atom. The number of halogens is 1. The number of para-hydroxylation sites is 1. The summed E-state index contributed by atoms with van der Waals surface area (Å²) in [5.74, 6) is 0.702. The number of ether oxygens (including phenoxy) is 1. The van der Waals surface area contributed by atoms with Crippen LogP contribution in [-0.4, -0.2) is 18.4 Å². The molecule has 0 amide bonds. The Hall–Kier alpha value is -2.17. The molecule has 0 radical (unpaired) electrons. The van der Waals surface area contributed by atoms with Gasteiger partial charge < -0.3 is 20.5 Å². The molecule has 2 aromatic rings. The van der Waals surface area contributed by atoms with Gasteiger partial charge in [-0.1, -0.05) is 36.7 Å². The zero-order chi connectivity index (χ0) is 17.8. The summed E-state index contributed by atoms with van der Waals surface area (Å²) in [6.45, 7) is 2.17. The van der Waals surface area contributed by atoms with Gasteiger partial charge in [-0.05, 0) is 36.2 Å². The summed E-state index contributed by atoms with van der Waals surface area (Å²) < 4.78 is 5.26. The summed E-state index contributed by atoms with van der Waals surface area (Å²) in [6, 6.07) is 13.5. The lowest BCUT2D eigenvalue weighted by molar-refractivity contribution is -0.724. The van der Waals surface area contributed by atoms with E-state index in [4.69, 9.17) is 16.3 Å². The number of methoxy groups -OCH3 is 1. The smallest absolute Gasteiger partial charge is 0.167 e. The summed E-state index contributed by atoms with van der Waals surface area (Å²) in [5.41, 5.74) is 3.00. The molecule has 0 saturated heterocycles. The minimum absolute atomic E-state index is 0.0126. The summed E-state index contributed by atoms with van der Waals surface area (Å²) >= 11 is 6.01. The number of nitrogens with one attached hydrogen (secondary N) is 1. The van der Waals surface area contributed by atoms with Crippen LogP contribution < -0.4 is 15.4 Å². The molecule has 1 aliphatic rings. The van der Waals surface area contributed by atoms with Crippen molar-refractivity contribution in [3.8, 4) is 11.5 Å². The van der Waals surface area contributed by atoms with Crippen LogP contribution in [0.1, 0.15) is 36.9 Å². The first-order valence-electron chi connectivity index (χ1n) is 8.57. The molecule has 0 spiro atoms. The van der Waals surface area contributed by atoms with Crippen LogP contribution in [0.15, 0.2) is 48.5 Å². The largest absolute Gasteiger partial charge is 0.504 e. The van der Waals surface area contributed by atoms with Gasteiger partial charge in [0.25, 0.3) is 0 Å². The van der Waals surface area contributed by atoms with Gasteiger partial charge >= 0.3 is 0 Å². The molecule has 2 atom stereocenters. The molecule has 1 heterocycles. The molecule has 2 aromatic carbocycles. The standard InChI is InChI=1S/C20H23ClN2O2/c1-3-5-19-22-16(13-8-10-14(21)11-9-13)12-17(23-19)15-6-4-7-18(25-2)20(15)24/h4,6-12,17,19,22-24H,3,5H2,1-2H3/p+1. The van der Waals surface area contributed by atoms with Crippen molar-refractivity contribution in [2.75, 3.05) is 7.11 Å². The Morgan fingerprint density at radius 1 is 1.20 bits per heavy atom. The van der Waals surface area contributed by atoms with Gasteiger partial charge in [0, 0.05) is 23.2 Å². The number of phenolic OH excluding ortho intramolecular Hbond substituents is 1. The van der Waals surface area contributed by atoms with E-state index in [1.807, 2.05) is 36.4 Å². The Labute approximate surface area is 153 Å². The number of rotatable bonds is 5. The minimum Gasteiger partial charge on any atom is -0.504 e. The first-order valence-corrected chi connectivity index (χ1v) is 8.95. The molecule has 25 heavy (non-hydrogen) atoms. The summed E-state index contributed by atoms with van der Waals surface area (Å²) in [7, 11) is 1.57. The van der Waals surface area contributed by atoms with Crippen LogP contribution in [0.4, 0.5) is 0 Å². The zero-order valence-electron chi connectivity index (χ0n) is 14.5. The van der Waals surface area contributed by atoms with E-state index in [2.05, 4.69) is 23.6 Å². The van der Waals surface area contributed by atoms with Crippen LogP contribution in [0.2, 0.25) is 5.02 Å². The second-order valence-electron chi connectivity index (χ2n) is 6.24. The third kappa shape index (κ3) is 3.91. The molecule has 5 heteroatoms. The van der Waals surface area contributed by atoms with Crippen molar-refractivity contribution in [3.63, 3.8) is 0 Å². The first kappa shape index (κ1) is 17.6. The molecule has 0 aromatic heterocycles. The third-order valence-electron chi connectivity index (χ3n) is 4.49. The van der Waals surface area contributed by atoms with Gasteiger partial charge in [0.2, 0.25) is 0 Å². The fraction of sp³-hybridized carbons (Fsp3) is 0.300. The highest BCUT2D eigenvalue weighted by molar-refractivity contribution is 6.30. The van der Waals surface area contributed by atoms with Crippen LogP contribution in [0.25, 0.3) is 5.70 Å². The van der Waals surface area contributed by atoms with Crippen LogP contribution in [-0.2, 0) is 0 Å². The van der Waals surface area contributed by atoms with Gasteiger partial charge in [0.15, 0.2) is 17.7 Å². The van der Waals surface area contributed by atoms with E-state index in [0.717, 1.165) is 34.7 Å². The highest BCUT2D eigenvalue weighted by Gasteiger charge is 2.28. The van der Waals surface area contributed by atoms with Gasteiger partial charge in [0.1, 0.15) is 6.04 Å². The van der Waals surface area contributed by atoms with Gasteiger partial charge in [0.05, 0.1) is 12.7 Å². The average Bonchev–Trinajstić information content (AvgIpc) is 2.62. The Bertz CT molecular complexity index is 759. The van der Waals surface area contributed by atoms with Gasteiger partial charge in [-0.3, -0.25) is 0 Å². The summed E-state index contributed by atoms with van der Waals surface area (Å²) in [6.07, 6.45) is 4.51. The zero-order valence-corrected chi connectivity index (χ0v) is 15.3. The van der Waals surface area contributed by atoms with Gasteiger partial charge in [-0.15, -0.1) is 0 Å². The Balaban J connectivity index is 1.99. The molecule has 0 aliphatic carbocycles. The van der Waals surface area contributed by atoms with Crippen molar-refractivity contribution >= 4 is 17.3 Å². The topological polar surface area (TPSA) is 58.1 Å². The molecule has 4 N–H and O–H groups in total. The maximum atomic E-state index is 10.5. The lowest BCUT2D eigenvalue weighted by Gasteiger charge is -2.30. The van der Waals surface area contributed by atoms with Crippen LogP contribution in [0.3, 0.4) is 0 Å². The van der Waals surface area contributed by atoms with Crippen LogP contribution >= 0.6 is 11.6 Å². The third-order valence-corrected chi connectivity index (χ3v) is 4.74. The number of aromatic hydroxyl groups is 1. The number of phenols is 1. The number of quaternary nitrogens is 1. The molecule has 0 bridgehead atoms. The highest BCUT2D eigenvalue weighted by atomic mass is 35.5. The van der Waals surface area contributed by atoms with E-state index in [1.165, 1.54) is 0 Å². The number of benzene rings is 2. The minimum atomic E-state index is 0.0126. The lowest BCUT2D eigenvalue weighted by atomic mass is 9.98. The molecular weight excluding hydrogens is 336 g/mol. The van der Waals surface area contributed by atoms with Crippen molar-refractivity contribution in [2.24, 2.45) is 0 Å². The van der Waals surface area contributed by atoms with Crippen LogP contribution in [0.5, 0.6) is 11.5 Å². The molecule has 3 rings (SSSR count). The molecule has 0 fully saturated rings. The average molecular weight is 360 g/mol. The molecule has 1 aliphatic heterocycles. The van der Waals surface area contributed by atoms with Gasteiger partial charge in [-0.25, -0.2) is 0 Å². The van der Waals surface area contributed by atoms with Crippen molar-refractivity contribution in [1.29, 1.82) is 0 Å². The van der Waals surface area contributed by atoms with Crippen molar-refractivity contribution in [3.05, 3.63) is 64.7 Å². The predicted octanol–water partition coefficient (Wildman–Crippen LogP) is 3.43. The highest BCUT2D eigenvalue weighted by Crippen LogP contribution is 2.34. The van der Waals surface area contributed by atoms with Crippen molar-refractivity contribution in [2.45, 2.75) is 32.0 Å². The molecular formula is C20H24ClN2O2+. The molecule has 132 valence electrons. The quantitative estimate of drug-likeness (QED) is 0.766. The van der Waals surface area contributed by atoms with Crippen molar-refractivity contribution in [1.82, 2.24) is 5.32 Å². The van der Waals surface area contributed by atoms with E-state index in [1.54, 1.807) is 13.2 Å². The molecule has 2 unspecified atom stereocenters. The number of hydrogen-bond donors (Lipinski definition) is 3. The second-order valence-corrected chi connectivity index (χ2v) is 6.68. The van der Waals surface area contributed by atoms with Gasteiger partial charge in [-0.2, -0.15) is 0 Å². The van der Waals surface area contributed by atoms with E-state index in [-0.39, 0.29) is 18.0 Å². The molecule has 4 nitrogen and oxygen atoms in total. The fourth-order valence-electron chi connectivity index (χ4n) is 3.24. The number of hydrogen-bond acceptors (Lipinski definition) is 3. The normalized spacial score (nSPS) is 19.9. The second kappa shape index (κ2) is 7.81. The Kier molecular flexibility index (Phi) is 5.51. The SMILES string of the molecule is CCCC1NC(c2ccc(Cl)cc2)=CC(c2cccc(OC)c2O)[NH2+]1. The van der Waals surface area contributed by atoms with E-state index >= 15 is 0 Å². The summed E-state index contributed by atoms with van der Waals surface area (Å²) in [5, 5.41) is 17.1. The maximum Gasteiger partial charge on any atom is 0.167 e. The van der Waals surface area contributed by atoms with E-state index in [9.17, 15) is 5.11 Å². The monoisotopic (exact) mass is 359 g/mol. The van der Waals surface area contributed by atoms with Crippen LogP contribution in [0, 0.1) is 0 Å².